The summed E-state index contributed by atoms with van der Waals surface area (Å²) < 4.78 is 44.4. The van der Waals surface area contributed by atoms with E-state index in [9.17, 15) is 18.0 Å². The third-order valence-electron chi connectivity index (χ3n) is 4.18. The normalized spacial score (nSPS) is 22.0. The van der Waals surface area contributed by atoms with Gasteiger partial charge in [-0.15, -0.1) is 0 Å². The van der Waals surface area contributed by atoms with Crippen LogP contribution >= 0.6 is 0 Å². The molecule has 3 rings (SSSR count). The summed E-state index contributed by atoms with van der Waals surface area (Å²) in [5.41, 5.74) is 6.47. The molecule has 1 aliphatic rings. The van der Waals surface area contributed by atoms with Crippen molar-refractivity contribution in [2.75, 3.05) is 13.1 Å². The van der Waals surface area contributed by atoms with Crippen molar-refractivity contribution in [1.82, 2.24) is 10.1 Å². The first-order chi connectivity index (χ1) is 11.3. The second kappa shape index (κ2) is 6.27. The maximum Gasteiger partial charge on any atom is 0.393 e. The van der Waals surface area contributed by atoms with Crippen LogP contribution in [0.1, 0.15) is 5.69 Å². The zero-order chi connectivity index (χ0) is 17.3. The van der Waals surface area contributed by atoms with Gasteiger partial charge in [-0.2, -0.15) is 13.2 Å². The van der Waals surface area contributed by atoms with E-state index in [1.54, 1.807) is 6.07 Å². The monoisotopic (exact) mass is 339 g/mol. The van der Waals surface area contributed by atoms with Crippen molar-refractivity contribution in [2.45, 2.75) is 12.7 Å². The van der Waals surface area contributed by atoms with Crippen molar-refractivity contribution >= 4 is 5.91 Å². The number of aromatic nitrogens is 1. The van der Waals surface area contributed by atoms with E-state index in [2.05, 4.69) is 5.16 Å². The average Bonchev–Trinajstić information content (AvgIpc) is 3.15. The van der Waals surface area contributed by atoms with Crippen LogP contribution in [0.3, 0.4) is 0 Å². The van der Waals surface area contributed by atoms with Gasteiger partial charge in [-0.05, 0) is 0 Å². The molecule has 2 N–H and O–H groups in total. The number of nitrogens with two attached hydrogens (primary N) is 1. The molecule has 1 amide bonds. The molecule has 5 nitrogen and oxygen atoms in total. The second-order valence-electron chi connectivity index (χ2n) is 5.90. The Kier molecular flexibility index (Phi) is 4.31. The Morgan fingerprint density at radius 2 is 2.00 bits per heavy atom. The van der Waals surface area contributed by atoms with Gasteiger partial charge in [-0.25, -0.2) is 0 Å². The third-order valence-corrected chi connectivity index (χ3v) is 4.18. The summed E-state index contributed by atoms with van der Waals surface area (Å²) in [6.07, 6.45) is -4.45. The van der Waals surface area contributed by atoms with Crippen LogP contribution in [0, 0.1) is 11.8 Å². The van der Waals surface area contributed by atoms with Gasteiger partial charge in [0.2, 0.25) is 5.91 Å². The molecule has 0 bridgehead atoms. The largest absolute Gasteiger partial charge is 0.393 e. The first-order valence-electron chi connectivity index (χ1n) is 7.44. The number of hydrogen-bond acceptors (Lipinski definition) is 4. The van der Waals surface area contributed by atoms with Gasteiger partial charge in [0.05, 0.1) is 17.5 Å². The van der Waals surface area contributed by atoms with Crippen molar-refractivity contribution in [2.24, 2.45) is 17.6 Å². The number of nitrogens with zero attached hydrogens (tertiary/aromatic N) is 2. The molecule has 1 aromatic heterocycles. The fourth-order valence-electron chi connectivity index (χ4n) is 2.99. The Hall–Kier alpha value is -2.35. The lowest BCUT2D eigenvalue weighted by atomic mass is 9.95. The molecule has 0 radical (unpaired) electrons. The zero-order valence-electron chi connectivity index (χ0n) is 12.7. The predicted octanol–water partition coefficient (Wildman–Crippen LogP) is 2.44. The SMILES string of the molecule is NC(=O)[C@@H]1CN(Cc2cc(-c3ccccc3)on2)C[C@H]1C(F)(F)F. The number of likely N-dealkylation sites (tertiary alicyclic amines) is 1. The number of hydrogen-bond donors (Lipinski definition) is 1. The lowest BCUT2D eigenvalue weighted by Crippen LogP contribution is -2.37. The predicted molar refractivity (Wildman–Crippen MR) is 79.4 cm³/mol. The maximum atomic E-state index is 13.0. The van der Waals surface area contributed by atoms with Crippen LogP contribution in [0.25, 0.3) is 11.3 Å². The zero-order valence-corrected chi connectivity index (χ0v) is 12.7. The van der Waals surface area contributed by atoms with Crippen LogP contribution in [0.2, 0.25) is 0 Å². The Morgan fingerprint density at radius 3 is 2.58 bits per heavy atom. The molecular weight excluding hydrogens is 323 g/mol. The van der Waals surface area contributed by atoms with Gasteiger partial charge in [-0.3, -0.25) is 9.69 Å². The topological polar surface area (TPSA) is 72.4 Å². The van der Waals surface area contributed by atoms with Gasteiger partial charge in [0, 0.05) is 31.3 Å². The summed E-state index contributed by atoms with van der Waals surface area (Å²) in [4.78, 5) is 12.8. The minimum Gasteiger partial charge on any atom is -0.369 e. The van der Waals surface area contributed by atoms with Gasteiger partial charge in [0.1, 0.15) is 0 Å². The molecule has 0 unspecified atom stereocenters. The first kappa shape index (κ1) is 16.5. The van der Waals surface area contributed by atoms with Crippen LogP contribution in [0.4, 0.5) is 13.2 Å². The highest BCUT2D eigenvalue weighted by Gasteiger charge is 2.51. The van der Waals surface area contributed by atoms with Gasteiger partial charge in [0.25, 0.3) is 0 Å². The lowest BCUT2D eigenvalue weighted by Gasteiger charge is -2.18. The molecule has 0 saturated carbocycles. The van der Waals surface area contributed by atoms with E-state index >= 15 is 0 Å². The summed E-state index contributed by atoms with van der Waals surface area (Å²) in [6.45, 7) is -0.135. The van der Waals surface area contributed by atoms with Gasteiger partial charge in [-0.1, -0.05) is 35.5 Å². The number of alkyl halides is 3. The molecule has 8 heteroatoms. The molecule has 1 saturated heterocycles. The van der Waals surface area contributed by atoms with Crippen LogP contribution in [-0.2, 0) is 11.3 Å². The van der Waals surface area contributed by atoms with E-state index in [1.807, 2.05) is 30.3 Å². The highest BCUT2D eigenvalue weighted by atomic mass is 19.4. The molecule has 0 spiro atoms. The summed E-state index contributed by atoms with van der Waals surface area (Å²) >= 11 is 0. The molecule has 2 aromatic rings. The highest BCUT2D eigenvalue weighted by molar-refractivity contribution is 5.77. The number of carbonyl (C=O) groups excluding carboxylic acids is 1. The van der Waals surface area contributed by atoms with E-state index < -0.39 is 23.9 Å². The third kappa shape index (κ3) is 3.43. The molecular formula is C16H16F3N3O2. The van der Waals surface area contributed by atoms with E-state index in [-0.39, 0.29) is 19.6 Å². The smallest absolute Gasteiger partial charge is 0.369 e. The molecule has 24 heavy (non-hydrogen) atoms. The molecule has 2 heterocycles. The Balaban J connectivity index is 1.71. The van der Waals surface area contributed by atoms with Crippen molar-refractivity contribution in [3.63, 3.8) is 0 Å². The quantitative estimate of drug-likeness (QED) is 0.929. The van der Waals surface area contributed by atoms with Gasteiger partial charge >= 0.3 is 6.18 Å². The number of carbonyl (C=O) groups is 1. The minimum absolute atomic E-state index is 0.0347. The van der Waals surface area contributed by atoms with Crippen LogP contribution in [0.15, 0.2) is 40.9 Å². The number of halogens is 3. The maximum absolute atomic E-state index is 13.0. The van der Waals surface area contributed by atoms with Crippen molar-refractivity contribution in [3.8, 4) is 11.3 Å². The van der Waals surface area contributed by atoms with Crippen LogP contribution < -0.4 is 5.73 Å². The Bertz CT molecular complexity index is 715. The van der Waals surface area contributed by atoms with E-state index in [0.29, 0.717) is 11.5 Å². The molecule has 0 aliphatic carbocycles. The lowest BCUT2D eigenvalue weighted by molar-refractivity contribution is -0.182. The number of amides is 1. The summed E-state index contributed by atoms with van der Waals surface area (Å²) in [6, 6.07) is 11.0. The van der Waals surface area contributed by atoms with Gasteiger partial charge < -0.3 is 10.3 Å². The molecule has 128 valence electrons. The number of benzene rings is 1. The summed E-state index contributed by atoms with van der Waals surface area (Å²) in [5, 5.41) is 3.90. The number of primary amides is 1. The summed E-state index contributed by atoms with van der Waals surface area (Å²) in [7, 11) is 0. The van der Waals surface area contributed by atoms with Crippen LogP contribution in [-0.4, -0.2) is 35.2 Å². The van der Waals surface area contributed by atoms with Crippen molar-refractivity contribution in [3.05, 3.63) is 42.1 Å². The van der Waals surface area contributed by atoms with E-state index in [1.165, 1.54) is 4.90 Å². The van der Waals surface area contributed by atoms with Gasteiger partial charge in [0.15, 0.2) is 5.76 Å². The molecule has 1 aliphatic heterocycles. The standard InChI is InChI=1S/C16H16F3N3O2/c17-16(18,19)13-9-22(8-12(13)15(20)23)7-11-6-14(24-21-11)10-4-2-1-3-5-10/h1-6,12-13H,7-9H2,(H2,20,23)/t12-,13-/m1/s1. The average molecular weight is 339 g/mol. The second-order valence-corrected chi connectivity index (χ2v) is 5.90. The highest BCUT2D eigenvalue weighted by Crippen LogP contribution is 2.38. The van der Waals surface area contributed by atoms with Crippen molar-refractivity contribution < 1.29 is 22.5 Å². The van der Waals surface area contributed by atoms with E-state index in [0.717, 1.165) is 5.56 Å². The number of rotatable bonds is 4. The first-order valence-corrected chi connectivity index (χ1v) is 7.44. The van der Waals surface area contributed by atoms with Crippen molar-refractivity contribution in [1.29, 1.82) is 0 Å². The van der Waals surface area contributed by atoms with Crippen LogP contribution in [0.5, 0.6) is 0 Å². The molecule has 1 fully saturated rings. The Morgan fingerprint density at radius 1 is 1.29 bits per heavy atom. The molecule has 1 aromatic carbocycles. The fraction of sp³-hybridized carbons (Fsp3) is 0.375. The minimum atomic E-state index is -4.45. The fourth-order valence-corrected chi connectivity index (χ4v) is 2.99. The van der Waals surface area contributed by atoms with E-state index in [4.69, 9.17) is 10.3 Å². The molecule has 2 atom stereocenters. The Labute approximate surface area is 136 Å². The summed E-state index contributed by atoms with van der Waals surface area (Å²) in [5.74, 6) is -3.35.